The lowest BCUT2D eigenvalue weighted by Gasteiger charge is -2.10. The van der Waals surface area contributed by atoms with E-state index in [2.05, 4.69) is 38.4 Å². The Morgan fingerprint density at radius 2 is 1.94 bits per heavy atom. The van der Waals surface area contributed by atoms with E-state index in [-0.39, 0.29) is 5.56 Å². The van der Waals surface area contributed by atoms with E-state index in [0.717, 1.165) is 15.4 Å². The first kappa shape index (κ1) is 11.6. The second kappa shape index (κ2) is 4.55. The average Bonchev–Trinajstić information content (AvgIpc) is 2.32. The van der Waals surface area contributed by atoms with Gasteiger partial charge in [0.25, 0.3) is 5.56 Å². The van der Waals surface area contributed by atoms with Crippen molar-refractivity contribution < 1.29 is 0 Å². The van der Waals surface area contributed by atoms with Gasteiger partial charge < -0.3 is 4.57 Å². The summed E-state index contributed by atoms with van der Waals surface area (Å²) in [6, 6.07) is 7.77. The molecular weight excluding hydrogens is 334 g/mol. The van der Waals surface area contributed by atoms with Crippen LogP contribution < -0.4 is 5.56 Å². The van der Waals surface area contributed by atoms with Crippen LogP contribution in [0.2, 0.25) is 0 Å². The van der Waals surface area contributed by atoms with Crippen LogP contribution in [0.3, 0.4) is 0 Å². The van der Waals surface area contributed by atoms with Crippen molar-refractivity contribution in [2.45, 2.75) is 6.54 Å². The Labute approximate surface area is 110 Å². The molecule has 1 heterocycles. The molecule has 0 radical (unpaired) electrons. The van der Waals surface area contributed by atoms with Crippen LogP contribution in [-0.2, 0) is 6.54 Å². The molecule has 0 amide bonds. The predicted molar refractivity (Wildman–Crippen MR) is 73.8 cm³/mol. The Bertz CT molecular complexity index is 616. The van der Waals surface area contributed by atoms with Crippen LogP contribution in [0.4, 0.5) is 0 Å². The summed E-state index contributed by atoms with van der Waals surface area (Å²) in [6.45, 7) is 4.17. The molecule has 16 heavy (non-hydrogen) atoms. The van der Waals surface area contributed by atoms with Crippen LogP contribution in [0.5, 0.6) is 0 Å². The molecule has 0 aliphatic carbocycles. The van der Waals surface area contributed by atoms with Crippen LogP contribution in [0.25, 0.3) is 10.9 Å². The Morgan fingerprint density at radius 3 is 2.62 bits per heavy atom. The number of hydrogen-bond donors (Lipinski definition) is 0. The van der Waals surface area contributed by atoms with Crippen molar-refractivity contribution >= 4 is 42.8 Å². The SMILES string of the molecule is C=CCn1c(=O)c(Br)c(Br)c2ccccc21. The van der Waals surface area contributed by atoms with Gasteiger partial charge in [-0.15, -0.1) is 6.58 Å². The molecule has 0 bridgehead atoms. The molecule has 1 aromatic heterocycles. The van der Waals surface area contributed by atoms with Crippen LogP contribution >= 0.6 is 31.9 Å². The average molecular weight is 343 g/mol. The van der Waals surface area contributed by atoms with Crippen molar-refractivity contribution in [3.05, 3.63) is 56.2 Å². The van der Waals surface area contributed by atoms with E-state index in [1.54, 1.807) is 10.6 Å². The molecule has 1 aromatic carbocycles. The van der Waals surface area contributed by atoms with Gasteiger partial charge in [-0.1, -0.05) is 24.3 Å². The second-order valence-corrected chi connectivity index (χ2v) is 4.94. The first-order valence-corrected chi connectivity index (χ1v) is 6.33. The van der Waals surface area contributed by atoms with Crippen molar-refractivity contribution in [1.82, 2.24) is 4.57 Å². The molecule has 0 aliphatic rings. The molecule has 0 aliphatic heterocycles. The summed E-state index contributed by atoms with van der Waals surface area (Å²) in [4.78, 5) is 12.0. The highest BCUT2D eigenvalue weighted by Crippen LogP contribution is 2.28. The minimum atomic E-state index is -0.0505. The third kappa shape index (κ3) is 1.76. The van der Waals surface area contributed by atoms with E-state index in [9.17, 15) is 4.79 Å². The number of halogens is 2. The van der Waals surface area contributed by atoms with Gasteiger partial charge >= 0.3 is 0 Å². The highest BCUT2D eigenvalue weighted by atomic mass is 79.9. The first-order valence-electron chi connectivity index (χ1n) is 4.74. The summed E-state index contributed by atoms with van der Waals surface area (Å²) in [6.07, 6.45) is 1.72. The quantitative estimate of drug-likeness (QED) is 0.762. The maximum Gasteiger partial charge on any atom is 0.266 e. The molecule has 0 N–H and O–H groups in total. The van der Waals surface area contributed by atoms with E-state index in [4.69, 9.17) is 0 Å². The molecule has 0 unspecified atom stereocenters. The van der Waals surface area contributed by atoms with Gasteiger partial charge in [-0.2, -0.15) is 0 Å². The van der Waals surface area contributed by atoms with Crippen molar-refractivity contribution in [3.8, 4) is 0 Å². The third-order valence-electron chi connectivity index (χ3n) is 2.37. The minimum absolute atomic E-state index is 0.0505. The normalized spacial score (nSPS) is 10.6. The van der Waals surface area contributed by atoms with E-state index in [1.165, 1.54) is 0 Å². The molecule has 2 nitrogen and oxygen atoms in total. The smallest absolute Gasteiger partial charge is 0.266 e. The fourth-order valence-corrected chi connectivity index (χ4v) is 2.58. The summed E-state index contributed by atoms with van der Waals surface area (Å²) in [7, 11) is 0. The Balaban J connectivity index is 2.97. The predicted octanol–water partition coefficient (Wildman–Crippen LogP) is 3.71. The number of nitrogens with zero attached hydrogens (tertiary/aromatic N) is 1. The summed E-state index contributed by atoms with van der Waals surface area (Å²) < 4.78 is 3.04. The molecule has 0 atom stereocenters. The number of fused-ring (bicyclic) bond motifs is 1. The van der Waals surface area contributed by atoms with Gasteiger partial charge in [0.1, 0.15) is 0 Å². The number of hydrogen-bond acceptors (Lipinski definition) is 1. The maximum atomic E-state index is 12.0. The summed E-state index contributed by atoms with van der Waals surface area (Å²) in [5.74, 6) is 0. The van der Waals surface area contributed by atoms with Gasteiger partial charge in [-0.05, 0) is 37.9 Å². The van der Waals surface area contributed by atoms with Gasteiger partial charge in [0, 0.05) is 16.4 Å². The van der Waals surface area contributed by atoms with E-state index in [0.29, 0.717) is 11.0 Å². The minimum Gasteiger partial charge on any atom is -0.303 e. The van der Waals surface area contributed by atoms with Crippen LogP contribution in [0.1, 0.15) is 0 Å². The van der Waals surface area contributed by atoms with Crippen LogP contribution in [0, 0.1) is 0 Å². The lowest BCUT2D eigenvalue weighted by atomic mass is 10.2. The monoisotopic (exact) mass is 341 g/mol. The molecule has 0 saturated carbocycles. The van der Waals surface area contributed by atoms with Gasteiger partial charge in [-0.25, -0.2) is 0 Å². The number of aromatic nitrogens is 1. The highest BCUT2D eigenvalue weighted by molar-refractivity contribution is 9.13. The zero-order valence-corrected chi connectivity index (χ0v) is 11.6. The van der Waals surface area contributed by atoms with E-state index < -0.39 is 0 Å². The van der Waals surface area contributed by atoms with Crippen LogP contribution in [-0.4, -0.2) is 4.57 Å². The topological polar surface area (TPSA) is 22.0 Å². The van der Waals surface area contributed by atoms with Crippen molar-refractivity contribution in [1.29, 1.82) is 0 Å². The van der Waals surface area contributed by atoms with E-state index >= 15 is 0 Å². The standard InChI is InChI=1S/C12H9Br2NO/c1-2-7-15-9-6-4-3-5-8(9)10(13)11(14)12(15)16/h2-6H,1,7H2. The Kier molecular flexibility index (Phi) is 3.30. The first-order chi connectivity index (χ1) is 7.66. The van der Waals surface area contributed by atoms with Gasteiger partial charge in [0.15, 0.2) is 0 Å². The molecule has 82 valence electrons. The molecule has 2 rings (SSSR count). The summed E-state index contributed by atoms with van der Waals surface area (Å²) in [5.41, 5.74) is 0.855. The van der Waals surface area contributed by atoms with E-state index in [1.807, 2.05) is 24.3 Å². The zero-order valence-electron chi connectivity index (χ0n) is 8.41. The van der Waals surface area contributed by atoms with Gasteiger partial charge in [0.2, 0.25) is 0 Å². The Hall–Kier alpha value is -0.870. The molecular formula is C12H9Br2NO. The number of para-hydroxylation sites is 1. The number of benzene rings is 1. The molecule has 0 saturated heterocycles. The fraction of sp³-hybridized carbons (Fsp3) is 0.0833. The van der Waals surface area contributed by atoms with Crippen molar-refractivity contribution in [3.63, 3.8) is 0 Å². The van der Waals surface area contributed by atoms with Gasteiger partial charge in [0.05, 0.1) is 9.99 Å². The lowest BCUT2D eigenvalue weighted by Crippen LogP contribution is -2.21. The summed E-state index contributed by atoms with van der Waals surface area (Å²) >= 11 is 6.74. The zero-order chi connectivity index (χ0) is 11.7. The number of pyridine rings is 1. The fourth-order valence-electron chi connectivity index (χ4n) is 1.64. The van der Waals surface area contributed by atoms with Gasteiger partial charge in [-0.3, -0.25) is 4.79 Å². The second-order valence-electron chi connectivity index (χ2n) is 3.35. The molecule has 4 heteroatoms. The largest absolute Gasteiger partial charge is 0.303 e. The van der Waals surface area contributed by atoms with Crippen molar-refractivity contribution in [2.75, 3.05) is 0 Å². The van der Waals surface area contributed by atoms with Crippen LogP contribution in [0.15, 0.2) is 50.7 Å². The molecule has 0 spiro atoms. The summed E-state index contributed by atoms with van der Waals surface area (Å²) in [5, 5.41) is 1.01. The molecule has 2 aromatic rings. The number of rotatable bonds is 2. The number of allylic oxidation sites excluding steroid dienone is 1. The van der Waals surface area contributed by atoms with Crippen molar-refractivity contribution in [2.24, 2.45) is 0 Å². The lowest BCUT2D eigenvalue weighted by molar-refractivity contribution is 0.812. The Morgan fingerprint density at radius 1 is 1.25 bits per heavy atom. The molecule has 0 fully saturated rings. The highest BCUT2D eigenvalue weighted by Gasteiger charge is 2.11. The maximum absolute atomic E-state index is 12.0. The third-order valence-corrected chi connectivity index (χ3v) is 4.46.